The van der Waals surface area contributed by atoms with Gasteiger partial charge in [-0.3, -0.25) is 0 Å². The topological polar surface area (TPSA) is 35.5 Å². The molecule has 0 saturated carbocycles. The molecule has 2 aromatic carbocycles. The molecule has 2 aromatic rings. The van der Waals surface area contributed by atoms with Crippen molar-refractivity contribution in [3.05, 3.63) is 66.0 Å². The minimum atomic E-state index is -0.426. The molecule has 3 nitrogen and oxygen atoms in total. The van der Waals surface area contributed by atoms with Crippen molar-refractivity contribution in [3.8, 4) is 11.5 Å². The third-order valence-corrected chi connectivity index (χ3v) is 2.62. The predicted molar refractivity (Wildman–Crippen MR) is 78.6 cm³/mol. The minimum Gasteiger partial charge on any atom is -0.463 e. The zero-order valence-electron chi connectivity index (χ0n) is 11.6. The lowest BCUT2D eigenvalue weighted by atomic mass is 10.2. The van der Waals surface area contributed by atoms with Gasteiger partial charge in [-0.15, -0.1) is 0 Å². The quantitative estimate of drug-likeness (QED) is 0.610. The molecule has 0 heterocycles. The molecule has 0 spiro atoms. The Morgan fingerprint density at radius 2 is 2.00 bits per heavy atom. The van der Waals surface area contributed by atoms with Crippen LogP contribution >= 0.6 is 0 Å². The summed E-state index contributed by atoms with van der Waals surface area (Å²) in [5.74, 6) is -0.182. The van der Waals surface area contributed by atoms with Gasteiger partial charge in [-0.05, 0) is 42.8 Å². The SMILES string of the molecule is CCOC(=O)/C=C/c1cccc(Oc2ccccc2F)c1. The molecule has 0 aromatic heterocycles. The van der Waals surface area contributed by atoms with Crippen LogP contribution in [0.25, 0.3) is 6.08 Å². The fourth-order valence-electron chi connectivity index (χ4n) is 1.69. The van der Waals surface area contributed by atoms with Crippen LogP contribution in [-0.4, -0.2) is 12.6 Å². The molecule has 0 amide bonds. The number of carbonyl (C=O) groups excluding carboxylic acids is 1. The molecular weight excluding hydrogens is 271 g/mol. The summed E-state index contributed by atoms with van der Waals surface area (Å²) in [6.07, 6.45) is 2.96. The van der Waals surface area contributed by atoms with Crippen LogP contribution in [0.4, 0.5) is 4.39 Å². The summed E-state index contributed by atoms with van der Waals surface area (Å²) in [5.41, 5.74) is 0.761. The van der Waals surface area contributed by atoms with E-state index < -0.39 is 11.8 Å². The number of para-hydroxylation sites is 1. The van der Waals surface area contributed by atoms with Gasteiger partial charge in [-0.25, -0.2) is 9.18 Å². The van der Waals surface area contributed by atoms with E-state index in [0.717, 1.165) is 5.56 Å². The van der Waals surface area contributed by atoms with Gasteiger partial charge in [0.05, 0.1) is 6.61 Å². The minimum absolute atomic E-state index is 0.157. The second-order valence-electron chi connectivity index (χ2n) is 4.19. The Kier molecular flexibility index (Phi) is 5.10. The normalized spacial score (nSPS) is 10.6. The molecule has 4 heteroatoms. The van der Waals surface area contributed by atoms with E-state index in [9.17, 15) is 9.18 Å². The average Bonchev–Trinajstić information content (AvgIpc) is 2.48. The Labute approximate surface area is 122 Å². The molecule has 0 saturated heterocycles. The van der Waals surface area contributed by atoms with Crippen molar-refractivity contribution in [2.75, 3.05) is 6.61 Å². The molecule has 2 rings (SSSR count). The number of rotatable bonds is 5. The second-order valence-corrected chi connectivity index (χ2v) is 4.19. The monoisotopic (exact) mass is 286 g/mol. The summed E-state index contributed by atoms with van der Waals surface area (Å²) in [7, 11) is 0. The largest absolute Gasteiger partial charge is 0.463 e. The highest BCUT2D eigenvalue weighted by Crippen LogP contribution is 2.24. The fourth-order valence-corrected chi connectivity index (χ4v) is 1.69. The first-order valence-electron chi connectivity index (χ1n) is 6.56. The lowest BCUT2D eigenvalue weighted by molar-refractivity contribution is -0.137. The molecule has 0 N–H and O–H groups in total. The molecule has 21 heavy (non-hydrogen) atoms. The maximum atomic E-state index is 13.5. The summed E-state index contributed by atoms with van der Waals surface area (Å²) in [4.78, 5) is 11.2. The van der Waals surface area contributed by atoms with Gasteiger partial charge in [-0.1, -0.05) is 24.3 Å². The smallest absolute Gasteiger partial charge is 0.330 e. The molecule has 0 atom stereocenters. The summed E-state index contributed by atoms with van der Waals surface area (Å²) in [5, 5.41) is 0. The van der Waals surface area contributed by atoms with Gasteiger partial charge in [0.1, 0.15) is 5.75 Å². The van der Waals surface area contributed by atoms with Crippen LogP contribution < -0.4 is 4.74 Å². The number of hydrogen-bond acceptors (Lipinski definition) is 3. The number of ether oxygens (including phenoxy) is 2. The van der Waals surface area contributed by atoms with E-state index in [0.29, 0.717) is 12.4 Å². The Morgan fingerprint density at radius 3 is 2.76 bits per heavy atom. The van der Waals surface area contributed by atoms with Gasteiger partial charge in [0, 0.05) is 6.08 Å². The van der Waals surface area contributed by atoms with Crippen LogP contribution in [0.1, 0.15) is 12.5 Å². The summed E-state index contributed by atoms with van der Waals surface area (Å²) in [6.45, 7) is 2.08. The molecule has 0 fully saturated rings. The highest BCUT2D eigenvalue weighted by molar-refractivity contribution is 5.87. The maximum absolute atomic E-state index is 13.5. The lowest BCUT2D eigenvalue weighted by Crippen LogP contribution is -1.98. The van der Waals surface area contributed by atoms with Crippen molar-refractivity contribution >= 4 is 12.0 Å². The summed E-state index contributed by atoms with van der Waals surface area (Å²) in [6, 6.07) is 13.2. The first kappa shape index (κ1) is 14.8. The van der Waals surface area contributed by atoms with E-state index in [1.54, 1.807) is 49.4 Å². The second kappa shape index (κ2) is 7.24. The van der Waals surface area contributed by atoms with E-state index in [1.807, 2.05) is 6.07 Å². The van der Waals surface area contributed by atoms with E-state index >= 15 is 0 Å². The van der Waals surface area contributed by atoms with Crippen LogP contribution in [0.15, 0.2) is 54.6 Å². The van der Waals surface area contributed by atoms with Crippen molar-refractivity contribution < 1.29 is 18.7 Å². The van der Waals surface area contributed by atoms with Crippen LogP contribution in [-0.2, 0) is 9.53 Å². The lowest BCUT2D eigenvalue weighted by Gasteiger charge is -2.07. The van der Waals surface area contributed by atoms with Crippen molar-refractivity contribution in [2.45, 2.75) is 6.92 Å². The molecule has 0 radical (unpaired) electrons. The number of benzene rings is 2. The predicted octanol–water partition coefficient (Wildman–Crippen LogP) is 4.19. The molecule has 108 valence electrons. The highest BCUT2D eigenvalue weighted by atomic mass is 19.1. The van der Waals surface area contributed by atoms with E-state index in [-0.39, 0.29) is 5.75 Å². The molecule has 0 aliphatic carbocycles. The van der Waals surface area contributed by atoms with E-state index in [1.165, 1.54) is 12.1 Å². The zero-order valence-corrected chi connectivity index (χ0v) is 11.6. The maximum Gasteiger partial charge on any atom is 0.330 e. The molecular formula is C17H15FO3. The van der Waals surface area contributed by atoms with Crippen molar-refractivity contribution in [1.82, 2.24) is 0 Å². The number of carbonyl (C=O) groups is 1. The summed E-state index contributed by atoms with van der Waals surface area (Å²) < 4.78 is 23.8. The summed E-state index contributed by atoms with van der Waals surface area (Å²) >= 11 is 0. The van der Waals surface area contributed by atoms with Crippen LogP contribution in [0, 0.1) is 5.82 Å². The number of halogens is 1. The third kappa shape index (κ3) is 4.45. The van der Waals surface area contributed by atoms with Gasteiger partial charge < -0.3 is 9.47 Å². The Hall–Kier alpha value is -2.62. The van der Waals surface area contributed by atoms with Gasteiger partial charge in [0.25, 0.3) is 0 Å². The van der Waals surface area contributed by atoms with Crippen LogP contribution in [0.5, 0.6) is 11.5 Å². The Bertz CT molecular complexity index is 650. The van der Waals surface area contributed by atoms with Crippen LogP contribution in [0.2, 0.25) is 0 Å². The molecule has 0 unspecified atom stereocenters. The van der Waals surface area contributed by atoms with E-state index in [4.69, 9.17) is 9.47 Å². The Morgan fingerprint density at radius 1 is 1.19 bits per heavy atom. The molecule has 0 bridgehead atoms. The molecule has 0 aliphatic rings. The highest BCUT2D eigenvalue weighted by Gasteiger charge is 2.03. The first-order chi connectivity index (χ1) is 10.2. The standard InChI is InChI=1S/C17H15FO3/c1-2-20-17(19)11-10-13-6-5-7-14(12-13)21-16-9-4-3-8-15(16)18/h3-12H,2H2,1H3/b11-10+. The fraction of sp³-hybridized carbons (Fsp3) is 0.118. The van der Waals surface area contributed by atoms with Crippen LogP contribution in [0.3, 0.4) is 0 Å². The van der Waals surface area contributed by atoms with Gasteiger partial charge in [0.2, 0.25) is 0 Å². The number of hydrogen-bond donors (Lipinski definition) is 0. The Balaban J connectivity index is 2.11. The first-order valence-corrected chi connectivity index (χ1v) is 6.56. The van der Waals surface area contributed by atoms with Gasteiger partial charge in [0.15, 0.2) is 11.6 Å². The number of esters is 1. The van der Waals surface area contributed by atoms with Gasteiger partial charge in [-0.2, -0.15) is 0 Å². The average molecular weight is 286 g/mol. The van der Waals surface area contributed by atoms with Gasteiger partial charge >= 0.3 is 5.97 Å². The molecule has 0 aliphatic heterocycles. The van der Waals surface area contributed by atoms with Crippen molar-refractivity contribution in [1.29, 1.82) is 0 Å². The van der Waals surface area contributed by atoms with Crippen molar-refractivity contribution in [3.63, 3.8) is 0 Å². The van der Waals surface area contributed by atoms with E-state index in [2.05, 4.69) is 0 Å². The van der Waals surface area contributed by atoms with Crippen molar-refractivity contribution in [2.24, 2.45) is 0 Å². The zero-order chi connectivity index (χ0) is 15.1. The third-order valence-electron chi connectivity index (χ3n) is 2.62.